The third-order valence-corrected chi connectivity index (χ3v) is 7.46. The second-order valence-electron chi connectivity index (χ2n) is 9.74. The Bertz CT molecular complexity index is 1180. The van der Waals surface area contributed by atoms with Crippen LogP contribution in [0.5, 0.6) is 5.75 Å². The number of hydrogen-bond donors (Lipinski definition) is 1. The molecule has 1 N–H and O–H groups in total. The standard InChI is InChI=1S/C28H35FN4O2/c1-35-26-11-5-10-24-25(28(34)30-18-21-7-4-8-22(29)17-21)20-33(27(24)26)14-6-12-31-15-16-32-13-3-2-9-23(32)19-31/h4-5,7-8,10-11,17,20,23H,2-3,6,9,12-16,18-19H2,1H3,(H,30,34). The van der Waals surface area contributed by atoms with E-state index in [2.05, 4.69) is 19.7 Å². The van der Waals surface area contributed by atoms with Gasteiger partial charge in [0, 0.05) is 50.3 Å². The predicted molar refractivity (Wildman–Crippen MR) is 136 cm³/mol. The normalized spacial score (nSPS) is 19.0. The summed E-state index contributed by atoms with van der Waals surface area (Å²) in [6.45, 7) is 6.90. The summed E-state index contributed by atoms with van der Waals surface area (Å²) in [5.41, 5.74) is 2.30. The lowest BCUT2D eigenvalue weighted by Crippen LogP contribution is -2.54. The quantitative estimate of drug-likeness (QED) is 0.525. The number of ether oxygens (including phenoxy) is 1. The number of carbonyl (C=O) groups is 1. The number of nitrogens with zero attached hydrogens (tertiary/aromatic N) is 3. The molecule has 2 aliphatic heterocycles. The van der Waals surface area contributed by atoms with Crippen LogP contribution in [0.4, 0.5) is 4.39 Å². The molecule has 35 heavy (non-hydrogen) atoms. The number of halogens is 1. The second kappa shape index (κ2) is 10.8. The van der Waals surface area contributed by atoms with Crippen molar-refractivity contribution in [3.05, 3.63) is 65.6 Å². The Morgan fingerprint density at radius 1 is 1.11 bits per heavy atom. The first-order chi connectivity index (χ1) is 17.1. The van der Waals surface area contributed by atoms with Gasteiger partial charge < -0.3 is 19.5 Å². The number of fused-ring (bicyclic) bond motifs is 2. The average molecular weight is 479 g/mol. The van der Waals surface area contributed by atoms with Crippen molar-refractivity contribution in [2.24, 2.45) is 0 Å². The van der Waals surface area contributed by atoms with E-state index in [1.807, 2.05) is 30.5 Å². The Labute approximate surface area is 206 Å². The molecular weight excluding hydrogens is 443 g/mol. The minimum atomic E-state index is -0.303. The Balaban J connectivity index is 1.27. The molecule has 2 saturated heterocycles. The summed E-state index contributed by atoms with van der Waals surface area (Å²) in [6.07, 6.45) is 6.97. The molecule has 6 nitrogen and oxygen atoms in total. The van der Waals surface area contributed by atoms with Crippen molar-refractivity contribution < 1.29 is 13.9 Å². The van der Waals surface area contributed by atoms with Crippen molar-refractivity contribution in [2.75, 3.05) is 39.8 Å². The van der Waals surface area contributed by atoms with E-state index in [0.29, 0.717) is 5.56 Å². The lowest BCUT2D eigenvalue weighted by molar-refractivity contribution is 0.0484. The van der Waals surface area contributed by atoms with Gasteiger partial charge in [0.25, 0.3) is 5.91 Å². The first kappa shape index (κ1) is 23.8. The maximum Gasteiger partial charge on any atom is 0.253 e. The van der Waals surface area contributed by atoms with Crippen LogP contribution >= 0.6 is 0 Å². The number of amides is 1. The van der Waals surface area contributed by atoms with Crippen molar-refractivity contribution in [3.63, 3.8) is 0 Å². The molecule has 5 rings (SSSR count). The second-order valence-corrected chi connectivity index (χ2v) is 9.74. The van der Waals surface area contributed by atoms with E-state index >= 15 is 0 Å². The zero-order chi connectivity index (χ0) is 24.2. The van der Waals surface area contributed by atoms with Gasteiger partial charge in [0.1, 0.15) is 11.6 Å². The number of benzene rings is 2. The topological polar surface area (TPSA) is 49.7 Å². The van der Waals surface area contributed by atoms with E-state index in [9.17, 15) is 9.18 Å². The Morgan fingerprint density at radius 3 is 2.86 bits per heavy atom. The zero-order valence-corrected chi connectivity index (χ0v) is 20.5. The van der Waals surface area contributed by atoms with E-state index in [-0.39, 0.29) is 18.3 Å². The van der Waals surface area contributed by atoms with Crippen molar-refractivity contribution in [2.45, 2.75) is 44.8 Å². The summed E-state index contributed by atoms with van der Waals surface area (Å²) in [4.78, 5) is 18.4. The van der Waals surface area contributed by atoms with Gasteiger partial charge in [-0.15, -0.1) is 0 Å². The third-order valence-electron chi connectivity index (χ3n) is 7.46. The summed E-state index contributed by atoms with van der Waals surface area (Å²) in [5, 5.41) is 3.82. The minimum Gasteiger partial charge on any atom is -0.495 e. The molecule has 3 heterocycles. The molecule has 0 saturated carbocycles. The Morgan fingerprint density at radius 2 is 2.00 bits per heavy atom. The van der Waals surface area contributed by atoms with E-state index in [4.69, 9.17) is 4.74 Å². The van der Waals surface area contributed by atoms with Crippen LogP contribution in [-0.4, -0.2) is 66.1 Å². The average Bonchev–Trinajstić information content (AvgIpc) is 3.26. The van der Waals surface area contributed by atoms with Crippen LogP contribution in [0.2, 0.25) is 0 Å². The SMILES string of the molecule is COc1cccc2c(C(=O)NCc3cccc(F)c3)cn(CCCN3CCN4CCCCC4C3)c12. The molecule has 1 aromatic heterocycles. The number of methoxy groups -OCH3 is 1. The molecule has 0 radical (unpaired) electrons. The van der Waals surface area contributed by atoms with Gasteiger partial charge in [-0.05, 0) is 56.1 Å². The number of nitrogens with one attached hydrogen (secondary N) is 1. The first-order valence-electron chi connectivity index (χ1n) is 12.8. The Hall–Kier alpha value is -2.90. The van der Waals surface area contributed by atoms with Crippen molar-refractivity contribution in [1.29, 1.82) is 0 Å². The Kier molecular flexibility index (Phi) is 7.35. The molecule has 3 aromatic rings. The van der Waals surface area contributed by atoms with Crippen LogP contribution in [0.3, 0.4) is 0 Å². The maximum atomic E-state index is 13.5. The van der Waals surface area contributed by atoms with Crippen LogP contribution < -0.4 is 10.1 Å². The van der Waals surface area contributed by atoms with E-state index in [1.165, 1.54) is 51.0 Å². The van der Waals surface area contributed by atoms with Crippen molar-refractivity contribution >= 4 is 16.8 Å². The number of aryl methyl sites for hydroxylation is 1. The fraction of sp³-hybridized carbons (Fsp3) is 0.464. The van der Waals surface area contributed by atoms with Gasteiger partial charge in [-0.25, -0.2) is 4.39 Å². The van der Waals surface area contributed by atoms with Gasteiger partial charge in [0.2, 0.25) is 0 Å². The molecule has 0 spiro atoms. The lowest BCUT2D eigenvalue weighted by Gasteiger charge is -2.44. The molecule has 2 aromatic carbocycles. The summed E-state index contributed by atoms with van der Waals surface area (Å²) in [6, 6.07) is 12.9. The van der Waals surface area contributed by atoms with Gasteiger partial charge in [-0.1, -0.05) is 30.7 Å². The molecule has 7 heteroatoms. The number of aromatic nitrogens is 1. The summed E-state index contributed by atoms with van der Waals surface area (Å²) < 4.78 is 21.3. The fourth-order valence-corrected chi connectivity index (χ4v) is 5.66. The minimum absolute atomic E-state index is 0.167. The van der Waals surface area contributed by atoms with Crippen LogP contribution in [0.15, 0.2) is 48.7 Å². The molecule has 1 unspecified atom stereocenters. The van der Waals surface area contributed by atoms with Gasteiger partial charge >= 0.3 is 0 Å². The highest BCUT2D eigenvalue weighted by atomic mass is 19.1. The molecule has 186 valence electrons. The third kappa shape index (κ3) is 5.36. The number of hydrogen-bond acceptors (Lipinski definition) is 4. The van der Waals surface area contributed by atoms with Gasteiger partial charge in [-0.3, -0.25) is 9.69 Å². The molecule has 1 atom stereocenters. The number of piperazine rings is 1. The zero-order valence-electron chi connectivity index (χ0n) is 20.5. The van der Waals surface area contributed by atoms with Gasteiger partial charge in [0.15, 0.2) is 0 Å². The summed E-state index contributed by atoms with van der Waals surface area (Å²) >= 11 is 0. The molecule has 0 bridgehead atoms. The van der Waals surface area contributed by atoms with Crippen molar-refractivity contribution in [1.82, 2.24) is 19.7 Å². The van der Waals surface area contributed by atoms with Crippen LogP contribution in [0.1, 0.15) is 41.6 Å². The number of piperidine rings is 1. The largest absolute Gasteiger partial charge is 0.495 e. The molecule has 2 aliphatic rings. The lowest BCUT2D eigenvalue weighted by atomic mass is 9.99. The monoisotopic (exact) mass is 478 g/mol. The van der Waals surface area contributed by atoms with Gasteiger partial charge in [-0.2, -0.15) is 0 Å². The number of carbonyl (C=O) groups excluding carboxylic acids is 1. The molecular formula is C28H35FN4O2. The highest BCUT2D eigenvalue weighted by Crippen LogP contribution is 2.30. The van der Waals surface area contributed by atoms with Crippen LogP contribution in [-0.2, 0) is 13.1 Å². The van der Waals surface area contributed by atoms with Crippen LogP contribution in [0, 0.1) is 5.82 Å². The molecule has 0 aliphatic carbocycles. The fourth-order valence-electron chi connectivity index (χ4n) is 5.66. The predicted octanol–water partition coefficient (Wildman–Crippen LogP) is 4.28. The summed E-state index contributed by atoms with van der Waals surface area (Å²) in [5.74, 6) is 0.296. The van der Waals surface area contributed by atoms with E-state index in [0.717, 1.165) is 54.3 Å². The smallest absolute Gasteiger partial charge is 0.253 e. The van der Waals surface area contributed by atoms with Crippen LogP contribution in [0.25, 0.3) is 10.9 Å². The highest BCUT2D eigenvalue weighted by molar-refractivity contribution is 6.08. The van der Waals surface area contributed by atoms with E-state index in [1.54, 1.807) is 13.2 Å². The molecule has 1 amide bonds. The summed E-state index contributed by atoms with van der Waals surface area (Å²) in [7, 11) is 1.67. The van der Waals surface area contributed by atoms with Crippen molar-refractivity contribution in [3.8, 4) is 5.75 Å². The molecule has 2 fully saturated rings. The highest BCUT2D eigenvalue weighted by Gasteiger charge is 2.28. The van der Waals surface area contributed by atoms with E-state index < -0.39 is 0 Å². The van der Waals surface area contributed by atoms with Gasteiger partial charge in [0.05, 0.1) is 18.2 Å². The first-order valence-corrected chi connectivity index (χ1v) is 12.8. The number of para-hydroxylation sites is 1. The number of rotatable bonds is 8. The maximum absolute atomic E-state index is 13.5.